The fourth-order valence-electron chi connectivity index (χ4n) is 1.21. The molecular formula is C9H9N3S3. The van der Waals surface area contributed by atoms with Crippen molar-refractivity contribution < 1.29 is 0 Å². The molecular weight excluding hydrogens is 246 g/mol. The highest BCUT2D eigenvalue weighted by Gasteiger charge is 2.03. The van der Waals surface area contributed by atoms with E-state index in [2.05, 4.69) is 10.3 Å². The van der Waals surface area contributed by atoms with Crippen molar-refractivity contribution in [1.82, 2.24) is 4.98 Å². The summed E-state index contributed by atoms with van der Waals surface area (Å²) in [6, 6.07) is 5.89. The standard InChI is InChI=1S/C9H9N3S3/c1-14-9-12-6-3-2-5(11-8(10)13)4-7(6)15-9/h2-4H,1H3,(H3,10,11,13). The summed E-state index contributed by atoms with van der Waals surface area (Å²) in [5.41, 5.74) is 7.32. The van der Waals surface area contributed by atoms with E-state index in [1.54, 1.807) is 23.1 Å². The molecule has 0 radical (unpaired) electrons. The van der Waals surface area contributed by atoms with Gasteiger partial charge in [-0.2, -0.15) is 0 Å². The maximum Gasteiger partial charge on any atom is 0.168 e. The third-order valence-electron chi connectivity index (χ3n) is 1.81. The first-order valence-electron chi connectivity index (χ1n) is 4.20. The number of anilines is 1. The number of benzene rings is 1. The smallest absolute Gasteiger partial charge is 0.168 e. The lowest BCUT2D eigenvalue weighted by atomic mass is 10.3. The molecule has 0 bridgehead atoms. The highest BCUT2D eigenvalue weighted by molar-refractivity contribution is 8.00. The van der Waals surface area contributed by atoms with Gasteiger partial charge >= 0.3 is 0 Å². The minimum Gasteiger partial charge on any atom is -0.376 e. The van der Waals surface area contributed by atoms with Gasteiger partial charge < -0.3 is 11.1 Å². The molecule has 0 amide bonds. The van der Waals surface area contributed by atoms with E-state index in [9.17, 15) is 0 Å². The SMILES string of the molecule is CSc1nc2ccc(NC(N)=S)cc2s1. The second-order valence-corrected chi connectivity index (χ2v) is 5.38. The molecule has 0 saturated carbocycles. The van der Waals surface area contributed by atoms with Crippen LogP contribution in [0, 0.1) is 0 Å². The van der Waals surface area contributed by atoms with E-state index in [1.807, 2.05) is 24.5 Å². The molecule has 1 aromatic carbocycles. The molecule has 0 aliphatic carbocycles. The largest absolute Gasteiger partial charge is 0.376 e. The molecule has 0 atom stereocenters. The van der Waals surface area contributed by atoms with Gasteiger partial charge in [0.05, 0.1) is 10.2 Å². The second-order valence-electron chi connectivity index (χ2n) is 2.86. The minimum absolute atomic E-state index is 0.281. The average molecular weight is 255 g/mol. The van der Waals surface area contributed by atoms with Gasteiger partial charge in [-0.3, -0.25) is 0 Å². The molecule has 0 aliphatic heterocycles. The zero-order chi connectivity index (χ0) is 10.8. The zero-order valence-electron chi connectivity index (χ0n) is 7.98. The Balaban J connectivity index is 2.41. The molecule has 3 N–H and O–H groups in total. The Morgan fingerprint density at radius 1 is 1.60 bits per heavy atom. The maximum atomic E-state index is 5.40. The van der Waals surface area contributed by atoms with Gasteiger partial charge in [-0.25, -0.2) is 4.98 Å². The first-order chi connectivity index (χ1) is 7.19. The maximum absolute atomic E-state index is 5.40. The predicted octanol–water partition coefficient (Wildman–Crippen LogP) is 2.67. The van der Waals surface area contributed by atoms with Gasteiger partial charge in [0.1, 0.15) is 0 Å². The summed E-state index contributed by atoms with van der Waals surface area (Å²) in [4.78, 5) is 4.44. The lowest BCUT2D eigenvalue weighted by Crippen LogP contribution is -2.18. The van der Waals surface area contributed by atoms with Crippen molar-refractivity contribution in [3.05, 3.63) is 18.2 Å². The average Bonchev–Trinajstić information content (AvgIpc) is 2.58. The quantitative estimate of drug-likeness (QED) is 0.638. The molecule has 1 aromatic heterocycles. The Hall–Kier alpha value is -0.850. The summed E-state index contributed by atoms with van der Waals surface area (Å²) < 4.78 is 2.21. The van der Waals surface area contributed by atoms with Crippen LogP contribution < -0.4 is 11.1 Å². The number of hydrogen-bond donors (Lipinski definition) is 2. The van der Waals surface area contributed by atoms with Gasteiger partial charge in [0.15, 0.2) is 9.45 Å². The summed E-state index contributed by atoms with van der Waals surface area (Å²) in [7, 11) is 0. The van der Waals surface area contributed by atoms with Crippen LogP contribution in [0.4, 0.5) is 5.69 Å². The number of nitrogens with zero attached hydrogens (tertiary/aromatic N) is 1. The molecule has 0 aliphatic rings. The van der Waals surface area contributed by atoms with Crippen molar-refractivity contribution >= 4 is 56.3 Å². The van der Waals surface area contributed by atoms with Crippen molar-refractivity contribution in [3.8, 4) is 0 Å². The second kappa shape index (κ2) is 4.34. The number of thiazole rings is 1. The Labute approximate surface area is 101 Å². The number of thiocarbonyl (C=S) groups is 1. The van der Waals surface area contributed by atoms with Crippen molar-refractivity contribution in [2.45, 2.75) is 4.34 Å². The van der Waals surface area contributed by atoms with Gasteiger partial charge in [0.25, 0.3) is 0 Å². The van der Waals surface area contributed by atoms with Gasteiger partial charge in [-0.1, -0.05) is 11.8 Å². The lowest BCUT2D eigenvalue weighted by Gasteiger charge is -2.01. The molecule has 3 nitrogen and oxygen atoms in total. The highest BCUT2D eigenvalue weighted by Crippen LogP contribution is 2.29. The molecule has 0 spiro atoms. The van der Waals surface area contributed by atoms with Crippen LogP contribution in [-0.4, -0.2) is 16.4 Å². The van der Waals surface area contributed by atoms with E-state index in [-0.39, 0.29) is 5.11 Å². The van der Waals surface area contributed by atoms with Crippen molar-refractivity contribution in [1.29, 1.82) is 0 Å². The first kappa shape index (κ1) is 10.7. The number of aromatic nitrogens is 1. The predicted molar refractivity (Wildman–Crippen MR) is 71.8 cm³/mol. The summed E-state index contributed by atoms with van der Waals surface area (Å²) in [6.45, 7) is 0. The Kier molecular flexibility index (Phi) is 3.08. The molecule has 2 aromatic rings. The Bertz CT molecular complexity index is 506. The number of hydrogen-bond acceptors (Lipinski definition) is 4. The van der Waals surface area contributed by atoms with Crippen LogP contribution in [-0.2, 0) is 0 Å². The normalized spacial score (nSPS) is 10.5. The molecule has 6 heteroatoms. The van der Waals surface area contributed by atoms with Crippen LogP contribution in [0.1, 0.15) is 0 Å². The van der Waals surface area contributed by atoms with E-state index in [0.29, 0.717) is 0 Å². The van der Waals surface area contributed by atoms with Gasteiger partial charge in [0.2, 0.25) is 0 Å². The minimum atomic E-state index is 0.281. The molecule has 15 heavy (non-hydrogen) atoms. The van der Waals surface area contributed by atoms with Crippen LogP contribution in [0.2, 0.25) is 0 Å². The third-order valence-corrected chi connectivity index (χ3v) is 3.92. The summed E-state index contributed by atoms with van der Waals surface area (Å²) in [6.07, 6.45) is 2.02. The molecule has 2 rings (SSSR count). The summed E-state index contributed by atoms with van der Waals surface area (Å²) in [5, 5.41) is 3.19. The first-order valence-corrected chi connectivity index (χ1v) is 6.65. The number of thioether (sulfide) groups is 1. The topological polar surface area (TPSA) is 50.9 Å². The molecule has 0 saturated heterocycles. The fourth-order valence-corrected chi connectivity index (χ4v) is 2.86. The van der Waals surface area contributed by atoms with Crippen LogP contribution in [0.3, 0.4) is 0 Å². The Morgan fingerprint density at radius 2 is 2.40 bits per heavy atom. The van der Waals surface area contributed by atoms with Crippen LogP contribution in [0.15, 0.2) is 22.5 Å². The molecule has 0 unspecified atom stereocenters. The number of nitrogens with one attached hydrogen (secondary N) is 1. The lowest BCUT2D eigenvalue weighted by molar-refractivity contribution is 1.31. The van der Waals surface area contributed by atoms with E-state index < -0.39 is 0 Å². The van der Waals surface area contributed by atoms with Crippen molar-refractivity contribution in [3.63, 3.8) is 0 Å². The third kappa shape index (κ3) is 2.39. The van der Waals surface area contributed by atoms with Crippen LogP contribution >= 0.6 is 35.3 Å². The van der Waals surface area contributed by atoms with E-state index in [1.165, 1.54) is 0 Å². The molecule has 78 valence electrons. The van der Waals surface area contributed by atoms with E-state index in [0.717, 1.165) is 20.2 Å². The fraction of sp³-hybridized carbons (Fsp3) is 0.111. The van der Waals surface area contributed by atoms with Crippen molar-refractivity contribution in [2.75, 3.05) is 11.6 Å². The molecule has 0 fully saturated rings. The van der Waals surface area contributed by atoms with Crippen LogP contribution in [0.25, 0.3) is 10.2 Å². The summed E-state index contributed by atoms with van der Waals surface area (Å²) >= 11 is 8.10. The monoisotopic (exact) mass is 255 g/mol. The van der Waals surface area contributed by atoms with Crippen LogP contribution in [0.5, 0.6) is 0 Å². The number of rotatable bonds is 2. The molecule has 1 heterocycles. The van der Waals surface area contributed by atoms with Gasteiger partial charge in [0, 0.05) is 5.69 Å². The highest BCUT2D eigenvalue weighted by atomic mass is 32.2. The summed E-state index contributed by atoms with van der Waals surface area (Å²) in [5.74, 6) is 0. The number of nitrogens with two attached hydrogens (primary N) is 1. The van der Waals surface area contributed by atoms with E-state index in [4.69, 9.17) is 18.0 Å². The van der Waals surface area contributed by atoms with Gasteiger partial charge in [-0.15, -0.1) is 11.3 Å². The zero-order valence-corrected chi connectivity index (χ0v) is 10.4. The van der Waals surface area contributed by atoms with Gasteiger partial charge in [-0.05, 0) is 36.7 Å². The van der Waals surface area contributed by atoms with E-state index >= 15 is 0 Å². The number of fused-ring (bicyclic) bond motifs is 1. The Morgan fingerprint density at radius 3 is 3.07 bits per heavy atom. The van der Waals surface area contributed by atoms with Crippen molar-refractivity contribution in [2.24, 2.45) is 5.73 Å².